The zero-order valence-electron chi connectivity index (χ0n) is 22.5. The number of nitrogens with one attached hydrogen (secondary N) is 3. The Morgan fingerprint density at radius 1 is 1.02 bits per heavy atom. The van der Waals surface area contributed by atoms with Crippen LogP contribution >= 0.6 is 0 Å². The molecule has 10 nitrogen and oxygen atoms in total. The van der Waals surface area contributed by atoms with Gasteiger partial charge in [0.2, 0.25) is 11.8 Å². The third kappa shape index (κ3) is 9.36. The molecule has 218 valence electrons. The van der Waals surface area contributed by atoms with E-state index in [-0.39, 0.29) is 48.7 Å². The Morgan fingerprint density at radius 3 is 2.52 bits per heavy atom. The molecule has 0 aliphatic carbocycles. The second kappa shape index (κ2) is 14.7. The van der Waals surface area contributed by atoms with E-state index in [0.29, 0.717) is 37.1 Å². The maximum Gasteiger partial charge on any atom is 0.325 e. The van der Waals surface area contributed by atoms with Gasteiger partial charge in [-0.05, 0) is 42.7 Å². The number of carbonyl (C=O) groups is 3. The van der Waals surface area contributed by atoms with Crippen LogP contribution in [0.5, 0.6) is 11.5 Å². The molecular formula is C30H29F2N5O5. The smallest absolute Gasteiger partial charge is 0.325 e. The van der Waals surface area contributed by atoms with Crippen molar-refractivity contribution in [2.45, 2.75) is 25.4 Å². The van der Waals surface area contributed by atoms with Gasteiger partial charge in [0.1, 0.15) is 11.6 Å². The molecule has 0 saturated carbocycles. The molecule has 4 amide bonds. The molecule has 0 unspecified atom stereocenters. The van der Waals surface area contributed by atoms with Crippen LogP contribution in [0.4, 0.5) is 19.3 Å². The van der Waals surface area contributed by atoms with E-state index in [9.17, 15) is 28.3 Å². The van der Waals surface area contributed by atoms with Crippen molar-refractivity contribution < 1.29 is 33.0 Å². The number of ether oxygens (including phenoxy) is 1. The quantitative estimate of drug-likeness (QED) is 0.303. The number of rotatable bonds is 8. The first-order valence-corrected chi connectivity index (χ1v) is 13.2. The fourth-order valence-electron chi connectivity index (χ4n) is 4.08. The summed E-state index contributed by atoms with van der Waals surface area (Å²) in [5.41, 5.74) is 0.977. The third-order valence-electron chi connectivity index (χ3n) is 6.24. The lowest BCUT2D eigenvalue weighted by molar-refractivity contribution is -0.122. The first-order valence-electron chi connectivity index (χ1n) is 13.2. The highest BCUT2D eigenvalue weighted by molar-refractivity contribution is 6.01. The second-order valence-electron chi connectivity index (χ2n) is 9.51. The highest BCUT2D eigenvalue weighted by Crippen LogP contribution is 2.28. The van der Waals surface area contributed by atoms with Gasteiger partial charge in [0.05, 0.1) is 31.2 Å². The third-order valence-corrected chi connectivity index (χ3v) is 6.24. The number of halogens is 2. The minimum absolute atomic E-state index is 0.0816. The van der Waals surface area contributed by atoms with E-state index >= 15 is 0 Å². The largest absolute Gasteiger partial charge is 0.453 e. The second-order valence-corrected chi connectivity index (χ2v) is 9.51. The number of amides is 4. The molecule has 2 heterocycles. The summed E-state index contributed by atoms with van der Waals surface area (Å²) in [6.07, 6.45) is 3.75. The van der Waals surface area contributed by atoms with Gasteiger partial charge >= 0.3 is 6.03 Å². The summed E-state index contributed by atoms with van der Waals surface area (Å²) in [4.78, 5) is 42.4. The highest BCUT2D eigenvalue weighted by Gasteiger charge is 2.18. The lowest BCUT2D eigenvalue weighted by atomic mass is 10.1. The van der Waals surface area contributed by atoms with Crippen LogP contribution in [0.3, 0.4) is 0 Å². The van der Waals surface area contributed by atoms with E-state index in [0.717, 1.165) is 6.07 Å². The molecule has 1 saturated heterocycles. The molecule has 1 aliphatic heterocycles. The summed E-state index contributed by atoms with van der Waals surface area (Å²) in [6, 6.07) is 9.68. The van der Waals surface area contributed by atoms with Gasteiger partial charge in [0, 0.05) is 43.3 Å². The molecule has 12 heteroatoms. The van der Waals surface area contributed by atoms with E-state index in [1.54, 1.807) is 0 Å². The summed E-state index contributed by atoms with van der Waals surface area (Å²) in [6.45, 7) is 1.65. The standard InChI is InChI=1S/C30H29F2N5O5/c31-22-5-3-20(4-6-22)16-28(39)36-30(41)35-23-7-8-27(25(32)17-23)42-26-9-13-33-18-21(26)2-1-12-34-29(40)19-37-14-10-24(38)11-15-37/h3-9,13,17-18,24,38H,10-12,14-16,19H2,(H,34,40)(H2,35,36,39,41). The van der Waals surface area contributed by atoms with Crippen LogP contribution in [0, 0.1) is 23.5 Å². The van der Waals surface area contributed by atoms with E-state index in [2.05, 4.69) is 32.8 Å². The van der Waals surface area contributed by atoms with E-state index in [1.165, 1.54) is 54.9 Å². The van der Waals surface area contributed by atoms with Crippen LogP contribution in [-0.2, 0) is 16.0 Å². The van der Waals surface area contributed by atoms with Crippen molar-refractivity contribution in [3.63, 3.8) is 0 Å². The Morgan fingerprint density at radius 2 is 1.79 bits per heavy atom. The number of urea groups is 1. The minimum Gasteiger partial charge on any atom is -0.453 e. The van der Waals surface area contributed by atoms with Gasteiger partial charge in [-0.1, -0.05) is 24.0 Å². The van der Waals surface area contributed by atoms with Crippen molar-refractivity contribution in [3.05, 3.63) is 83.7 Å². The van der Waals surface area contributed by atoms with E-state index in [4.69, 9.17) is 4.74 Å². The molecule has 0 bridgehead atoms. The zero-order chi connectivity index (χ0) is 29.9. The summed E-state index contributed by atoms with van der Waals surface area (Å²) in [5.74, 6) is 3.77. The number of carbonyl (C=O) groups excluding carboxylic acids is 3. The van der Waals surface area contributed by atoms with Gasteiger partial charge < -0.3 is 20.5 Å². The number of likely N-dealkylation sites (tertiary alicyclic amines) is 1. The molecule has 0 radical (unpaired) electrons. The molecular weight excluding hydrogens is 548 g/mol. The summed E-state index contributed by atoms with van der Waals surface area (Å²) in [5, 5.41) is 16.8. The van der Waals surface area contributed by atoms with Crippen molar-refractivity contribution >= 4 is 23.5 Å². The minimum atomic E-state index is -0.858. The number of piperidine rings is 1. The Hall–Kier alpha value is -4.86. The van der Waals surface area contributed by atoms with Crippen LogP contribution in [0.1, 0.15) is 24.0 Å². The van der Waals surface area contributed by atoms with Crippen molar-refractivity contribution in [1.29, 1.82) is 0 Å². The molecule has 1 aliphatic rings. The number of hydrogen-bond acceptors (Lipinski definition) is 7. The van der Waals surface area contributed by atoms with Crippen molar-refractivity contribution in [2.75, 3.05) is 31.5 Å². The number of nitrogens with zero attached hydrogens (tertiary/aromatic N) is 2. The number of imide groups is 1. The normalized spacial score (nSPS) is 13.4. The molecule has 1 fully saturated rings. The molecule has 2 aromatic carbocycles. The molecule has 1 aromatic heterocycles. The van der Waals surface area contributed by atoms with Crippen molar-refractivity contribution in [2.24, 2.45) is 0 Å². The van der Waals surface area contributed by atoms with Gasteiger partial charge in [0.15, 0.2) is 11.6 Å². The molecule has 4 rings (SSSR count). The maximum absolute atomic E-state index is 14.8. The van der Waals surface area contributed by atoms with Crippen LogP contribution < -0.4 is 20.7 Å². The van der Waals surface area contributed by atoms with Crippen LogP contribution in [0.2, 0.25) is 0 Å². The molecule has 3 aromatic rings. The summed E-state index contributed by atoms with van der Waals surface area (Å²) in [7, 11) is 0. The average Bonchev–Trinajstić information content (AvgIpc) is 2.95. The topological polar surface area (TPSA) is 133 Å². The van der Waals surface area contributed by atoms with E-state index in [1.807, 2.05) is 4.90 Å². The van der Waals surface area contributed by atoms with Crippen LogP contribution in [0.25, 0.3) is 0 Å². The number of aliphatic hydroxyl groups is 1. The average molecular weight is 578 g/mol. The van der Waals surface area contributed by atoms with Crippen LogP contribution in [-0.4, -0.2) is 65.1 Å². The number of benzene rings is 2. The first-order chi connectivity index (χ1) is 20.2. The Balaban J connectivity index is 1.28. The number of aliphatic hydroxyl groups excluding tert-OH is 1. The van der Waals surface area contributed by atoms with Gasteiger partial charge in [-0.3, -0.25) is 24.8 Å². The van der Waals surface area contributed by atoms with Gasteiger partial charge in [-0.25, -0.2) is 13.6 Å². The molecule has 4 N–H and O–H groups in total. The number of hydrogen-bond donors (Lipinski definition) is 4. The molecule has 42 heavy (non-hydrogen) atoms. The Bertz CT molecular complexity index is 1480. The molecule has 0 spiro atoms. The van der Waals surface area contributed by atoms with Gasteiger partial charge in [-0.15, -0.1) is 0 Å². The summed E-state index contributed by atoms with van der Waals surface area (Å²) >= 11 is 0. The number of anilines is 1. The maximum atomic E-state index is 14.8. The molecule has 0 atom stereocenters. The Kier molecular flexibility index (Phi) is 10.5. The summed E-state index contributed by atoms with van der Waals surface area (Å²) < 4.78 is 33.5. The van der Waals surface area contributed by atoms with Crippen molar-refractivity contribution in [1.82, 2.24) is 20.5 Å². The van der Waals surface area contributed by atoms with Gasteiger partial charge in [0.25, 0.3) is 0 Å². The predicted octanol–water partition coefficient (Wildman–Crippen LogP) is 2.97. The first kappa shape index (κ1) is 30.1. The Labute approximate surface area is 241 Å². The highest BCUT2D eigenvalue weighted by atomic mass is 19.1. The lowest BCUT2D eigenvalue weighted by Gasteiger charge is -2.28. The van der Waals surface area contributed by atoms with E-state index < -0.39 is 23.6 Å². The van der Waals surface area contributed by atoms with Crippen molar-refractivity contribution in [3.8, 4) is 23.3 Å². The van der Waals surface area contributed by atoms with Gasteiger partial charge in [-0.2, -0.15) is 0 Å². The fraction of sp³-hybridized carbons (Fsp3) is 0.267. The van der Waals surface area contributed by atoms with Crippen LogP contribution in [0.15, 0.2) is 60.9 Å². The monoisotopic (exact) mass is 577 g/mol. The number of pyridine rings is 1. The number of aromatic nitrogens is 1. The predicted molar refractivity (Wildman–Crippen MR) is 150 cm³/mol. The lowest BCUT2D eigenvalue weighted by Crippen LogP contribution is -2.42. The SMILES string of the molecule is O=C(CN1CCC(O)CC1)NCC#Cc1cnccc1Oc1ccc(NC(=O)NC(=O)Cc2ccc(F)cc2)cc1F. The fourth-order valence-corrected chi connectivity index (χ4v) is 4.08. The zero-order valence-corrected chi connectivity index (χ0v) is 22.5.